The molecule has 5 nitrogen and oxygen atoms in total. The first-order valence-electron chi connectivity index (χ1n) is 5.69. The smallest absolute Gasteiger partial charge is 0.229 e. The van der Waals surface area contributed by atoms with Gasteiger partial charge in [0.15, 0.2) is 0 Å². The molecule has 1 atom stereocenters. The predicted molar refractivity (Wildman–Crippen MR) is 69.8 cm³/mol. The topological polar surface area (TPSA) is 72.0 Å². The second-order valence-electron chi connectivity index (χ2n) is 4.39. The second kappa shape index (κ2) is 5.58. The third kappa shape index (κ3) is 3.14. The molecule has 0 aromatic carbocycles. The highest BCUT2D eigenvalue weighted by atomic mass is 79.9. The number of halogens is 1. The van der Waals surface area contributed by atoms with Gasteiger partial charge >= 0.3 is 0 Å². The van der Waals surface area contributed by atoms with E-state index in [1.165, 1.54) is 0 Å². The molecule has 18 heavy (non-hydrogen) atoms. The summed E-state index contributed by atoms with van der Waals surface area (Å²) < 4.78 is 5.99. The van der Waals surface area contributed by atoms with Crippen LogP contribution in [0.15, 0.2) is 27.3 Å². The molecule has 0 radical (unpaired) electrons. The van der Waals surface area contributed by atoms with Crippen LogP contribution in [0.1, 0.15) is 19.7 Å². The highest BCUT2D eigenvalue weighted by molar-refractivity contribution is 9.10. The van der Waals surface area contributed by atoms with Gasteiger partial charge in [0.25, 0.3) is 0 Å². The van der Waals surface area contributed by atoms with Gasteiger partial charge in [-0.25, -0.2) is 0 Å². The number of aliphatic hydroxyl groups is 1. The number of aromatic nitrogens is 3. The molecule has 1 unspecified atom stereocenters. The molecule has 0 fully saturated rings. The lowest BCUT2D eigenvalue weighted by Gasteiger charge is -2.10. The van der Waals surface area contributed by atoms with E-state index in [4.69, 9.17) is 4.52 Å². The Hall–Kier alpha value is -1.27. The SMILES string of the molecule is CC(C)C(O)Cc1nc(-c2ccc(Br)cn2)no1. The normalized spacial score (nSPS) is 12.9. The Morgan fingerprint density at radius 2 is 2.17 bits per heavy atom. The molecule has 2 aromatic heterocycles. The summed E-state index contributed by atoms with van der Waals surface area (Å²) in [5.41, 5.74) is 0.646. The van der Waals surface area contributed by atoms with Gasteiger partial charge in [0.1, 0.15) is 5.69 Å². The van der Waals surface area contributed by atoms with Crippen LogP contribution < -0.4 is 0 Å². The van der Waals surface area contributed by atoms with Crippen LogP contribution in [0.4, 0.5) is 0 Å². The number of pyridine rings is 1. The van der Waals surface area contributed by atoms with E-state index in [9.17, 15) is 5.11 Å². The summed E-state index contributed by atoms with van der Waals surface area (Å²) in [6, 6.07) is 3.67. The van der Waals surface area contributed by atoms with Gasteiger partial charge in [-0.3, -0.25) is 4.98 Å². The molecule has 0 amide bonds. The first-order valence-corrected chi connectivity index (χ1v) is 6.48. The van der Waals surface area contributed by atoms with Crippen LogP contribution in [-0.2, 0) is 6.42 Å². The highest BCUT2D eigenvalue weighted by Crippen LogP contribution is 2.17. The quantitative estimate of drug-likeness (QED) is 0.939. The predicted octanol–water partition coefficient (Wildman–Crippen LogP) is 2.45. The molecule has 0 spiro atoms. The van der Waals surface area contributed by atoms with Crippen LogP contribution >= 0.6 is 15.9 Å². The molecule has 2 rings (SSSR count). The molecule has 6 heteroatoms. The Kier molecular flexibility index (Phi) is 4.08. The standard InChI is InChI=1S/C12H14BrN3O2/c1-7(2)10(17)5-11-15-12(16-18-11)9-4-3-8(13)6-14-9/h3-4,6-7,10,17H,5H2,1-2H3. The molecule has 0 saturated carbocycles. The van der Waals surface area contributed by atoms with Crippen LogP contribution in [0.2, 0.25) is 0 Å². The summed E-state index contributed by atoms with van der Waals surface area (Å²) in [5.74, 6) is 1.02. The van der Waals surface area contributed by atoms with Crippen molar-refractivity contribution in [1.82, 2.24) is 15.1 Å². The Morgan fingerprint density at radius 3 is 2.78 bits per heavy atom. The Bertz CT molecular complexity index is 510. The first-order chi connectivity index (χ1) is 8.56. The summed E-state index contributed by atoms with van der Waals surface area (Å²) in [4.78, 5) is 8.40. The number of hydrogen-bond donors (Lipinski definition) is 1. The van der Waals surface area contributed by atoms with Crippen LogP contribution in [0.5, 0.6) is 0 Å². The van der Waals surface area contributed by atoms with E-state index in [1.54, 1.807) is 12.3 Å². The average molecular weight is 312 g/mol. The maximum absolute atomic E-state index is 9.75. The van der Waals surface area contributed by atoms with E-state index < -0.39 is 6.10 Å². The van der Waals surface area contributed by atoms with Crippen LogP contribution in [-0.4, -0.2) is 26.3 Å². The zero-order valence-electron chi connectivity index (χ0n) is 10.2. The number of hydrogen-bond acceptors (Lipinski definition) is 5. The zero-order valence-corrected chi connectivity index (χ0v) is 11.8. The number of aliphatic hydroxyl groups excluding tert-OH is 1. The van der Waals surface area contributed by atoms with Gasteiger partial charge in [-0.15, -0.1) is 0 Å². The van der Waals surface area contributed by atoms with Crippen molar-refractivity contribution in [3.63, 3.8) is 0 Å². The molecule has 2 aromatic rings. The van der Waals surface area contributed by atoms with Gasteiger partial charge in [-0.2, -0.15) is 4.98 Å². The molecule has 0 saturated heterocycles. The van der Waals surface area contributed by atoms with Crippen molar-refractivity contribution in [1.29, 1.82) is 0 Å². The zero-order chi connectivity index (χ0) is 13.1. The van der Waals surface area contributed by atoms with Crippen LogP contribution in [0, 0.1) is 5.92 Å². The van der Waals surface area contributed by atoms with Crippen molar-refractivity contribution in [2.45, 2.75) is 26.4 Å². The maximum atomic E-state index is 9.75. The summed E-state index contributed by atoms with van der Waals surface area (Å²) in [5, 5.41) is 13.6. The fraction of sp³-hybridized carbons (Fsp3) is 0.417. The van der Waals surface area contributed by atoms with Crippen molar-refractivity contribution in [2.75, 3.05) is 0 Å². The maximum Gasteiger partial charge on any atom is 0.229 e. The minimum Gasteiger partial charge on any atom is -0.392 e. The summed E-state index contributed by atoms with van der Waals surface area (Å²) in [7, 11) is 0. The van der Waals surface area contributed by atoms with Crippen molar-refractivity contribution in [3.05, 3.63) is 28.7 Å². The van der Waals surface area contributed by atoms with Gasteiger partial charge < -0.3 is 9.63 Å². The Balaban J connectivity index is 2.13. The molecular formula is C12H14BrN3O2. The summed E-state index contributed by atoms with van der Waals surface area (Å²) in [6.45, 7) is 3.89. The van der Waals surface area contributed by atoms with Crippen LogP contribution in [0.3, 0.4) is 0 Å². The first kappa shape index (κ1) is 13.2. The third-order valence-corrected chi connectivity index (χ3v) is 3.05. The molecule has 2 heterocycles. The fourth-order valence-electron chi connectivity index (χ4n) is 1.36. The molecule has 0 aliphatic carbocycles. The van der Waals surface area contributed by atoms with E-state index >= 15 is 0 Å². The Morgan fingerprint density at radius 1 is 1.39 bits per heavy atom. The lowest BCUT2D eigenvalue weighted by atomic mass is 10.0. The molecule has 1 N–H and O–H groups in total. The minimum absolute atomic E-state index is 0.158. The largest absolute Gasteiger partial charge is 0.392 e. The number of rotatable bonds is 4. The van der Waals surface area contributed by atoms with E-state index in [0.29, 0.717) is 23.8 Å². The van der Waals surface area contributed by atoms with E-state index in [1.807, 2.05) is 19.9 Å². The lowest BCUT2D eigenvalue weighted by Crippen LogP contribution is -2.17. The molecule has 96 valence electrons. The molecule has 0 bridgehead atoms. The van der Waals surface area contributed by atoms with Gasteiger partial charge in [0, 0.05) is 10.7 Å². The van der Waals surface area contributed by atoms with Crippen molar-refractivity contribution >= 4 is 15.9 Å². The Labute approximate surface area is 113 Å². The summed E-state index contributed by atoms with van der Waals surface area (Å²) in [6.07, 6.45) is 1.56. The minimum atomic E-state index is -0.476. The van der Waals surface area contributed by atoms with Crippen molar-refractivity contribution in [3.8, 4) is 11.5 Å². The molecular weight excluding hydrogens is 298 g/mol. The van der Waals surface area contributed by atoms with Gasteiger partial charge in [-0.05, 0) is 34.0 Å². The lowest BCUT2D eigenvalue weighted by molar-refractivity contribution is 0.116. The highest BCUT2D eigenvalue weighted by Gasteiger charge is 2.16. The fourth-order valence-corrected chi connectivity index (χ4v) is 1.60. The average Bonchev–Trinajstić information content (AvgIpc) is 2.78. The van der Waals surface area contributed by atoms with Gasteiger partial charge in [0.05, 0.1) is 12.5 Å². The second-order valence-corrected chi connectivity index (χ2v) is 5.30. The van der Waals surface area contributed by atoms with E-state index in [2.05, 4.69) is 31.1 Å². The van der Waals surface area contributed by atoms with Crippen molar-refractivity contribution in [2.24, 2.45) is 5.92 Å². The molecule has 0 aliphatic heterocycles. The monoisotopic (exact) mass is 311 g/mol. The van der Waals surface area contributed by atoms with E-state index in [-0.39, 0.29) is 5.92 Å². The van der Waals surface area contributed by atoms with Gasteiger partial charge in [-0.1, -0.05) is 19.0 Å². The summed E-state index contributed by atoms with van der Waals surface area (Å²) >= 11 is 3.31. The van der Waals surface area contributed by atoms with Crippen molar-refractivity contribution < 1.29 is 9.63 Å². The van der Waals surface area contributed by atoms with Crippen LogP contribution in [0.25, 0.3) is 11.5 Å². The van der Waals surface area contributed by atoms with E-state index in [0.717, 1.165) is 4.47 Å². The number of nitrogens with zero attached hydrogens (tertiary/aromatic N) is 3. The van der Waals surface area contributed by atoms with Gasteiger partial charge in [0.2, 0.25) is 11.7 Å². The third-order valence-electron chi connectivity index (χ3n) is 2.58. The molecule has 0 aliphatic rings.